The zero-order chi connectivity index (χ0) is 16.5. The minimum Gasteiger partial charge on any atom is -0.475 e. The lowest BCUT2D eigenvalue weighted by atomic mass is 10.1. The lowest BCUT2D eigenvalue weighted by Crippen LogP contribution is -2.33. The van der Waals surface area contributed by atoms with Crippen LogP contribution in [-0.2, 0) is 13.0 Å². The number of benzene rings is 2. The van der Waals surface area contributed by atoms with Gasteiger partial charge in [-0.2, -0.15) is 0 Å². The third-order valence-electron chi connectivity index (χ3n) is 4.50. The molecule has 0 spiro atoms. The van der Waals surface area contributed by atoms with E-state index >= 15 is 0 Å². The van der Waals surface area contributed by atoms with Crippen molar-refractivity contribution in [2.45, 2.75) is 19.9 Å². The number of ether oxygens (including phenoxy) is 1. The Balaban J connectivity index is 1.52. The highest BCUT2D eigenvalue weighted by molar-refractivity contribution is 6.35. The van der Waals surface area contributed by atoms with Crippen LogP contribution in [0.15, 0.2) is 48.7 Å². The normalized spacial score (nSPS) is 14.4. The van der Waals surface area contributed by atoms with Crippen molar-refractivity contribution in [1.82, 2.24) is 9.88 Å². The molecule has 0 atom stereocenters. The molecule has 1 aliphatic heterocycles. The van der Waals surface area contributed by atoms with Crippen LogP contribution in [0, 0.1) is 6.92 Å². The van der Waals surface area contributed by atoms with E-state index in [9.17, 15) is 0 Å². The predicted octanol–water partition coefficient (Wildman–Crippen LogP) is 4.59. The lowest BCUT2D eigenvalue weighted by Gasteiger charge is -2.29. The van der Waals surface area contributed by atoms with Crippen molar-refractivity contribution in [3.63, 3.8) is 0 Å². The smallest absolute Gasteiger partial charge is 0.152 e. The molecule has 0 saturated carbocycles. The van der Waals surface area contributed by atoms with Crippen molar-refractivity contribution in [2.24, 2.45) is 0 Å². The van der Waals surface area contributed by atoms with Crippen LogP contribution in [0.3, 0.4) is 0 Å². The summed E-state index contributed by atoms with van der Waals surface area (Å²) in [4.78, 5) is 6.75. The van der Waals surface area contributed by atoms with E-state index < -0.39 is 0 Å². The highest BCUT2D eigenvalue weighted by Gasteiger charge is 2.21. The summed E-state index contributed by atoms with van der Waals surface area (Å²) in [5.74, 6) is 0.876. The molecule has 0 aliphatic carbocycles. The lowest BCUT2D eigenvalue weighted by molar-refractivity contribution is 0.0980. The fourth-order valence-electron chi connectivity index (χ4n) is 3.13. The maximum Gasteiger partial charge on any atom is 0.152 e. The summed E-state index contributed by atoms with van der Waals surface area (Å²) in [5.41, 5.74) is 4.62. The van der Waals surface area contributed by atoms with E-state index in [1.807, 2.05) is 18.2 Å². The number of nitrogens with zero attached hydrogens (tertiary/aromatic N) is 2. The first-order valence-electron chi connectivity index (χ1n) is 8.17. The summed E-state index contributed by atoms with van der Waals surface area (Å²) >= 11 is 6.42. The molecular weight excluding hydrogens is 320 g/mol. The van der Waals surface area contributed by atoms with Crippen LogP contribution in [-0.4, -0.2) is 23.2 Å². The second-order valence-electron chi connectivity index (χ2n) is 6.31. The number of hydrogen-bond donors (Lipinski definition) is 0. The van der Waals surface area contributed by atoms with Crippen LogP contribution in [0.1, 0.15) is 16.7 Å². The maximum atomic E-state index is 6.42. The van der Waals surface area contributed by atoms with Crippen molar-refractivity contribution in [2.75, 3.05) is 13.3 Å². The third kappa shape index (κ3) is 2.97. The summed E-state index contributed by atoms with van der Waals surface area (Å²) in [5, 5.41) is 1.69. The molecule has 2 heterocycles. The van der Waals surface area contributed by atoms with Crippen molar-refractivity contribution in [3.05, 3.63) is 70.4 Å². The molecule has 0 bridgehead atoms. The molecule has 0 N–H and O–H groups in total. The number of halogens is 1. The van der Waals surface area contributed by atoms with Gasteiger partial charge in [-0.15, -0.1) is 0 Å². The second-order valence-corrected chi connectivity index (χ2v) is 6.71. The molecule has 1 aromatic heterocycles. The Morgan fingerprint density at radius 2 is 2.04 bits per heavy atom. The highest BCUT2D eigenvalue weighted by Crippen LogP contribution is 2.36. The Bertz CT molecular complexity index is 877. The molecule has 4 heteroatoms. The van der Waals surface area contributed by atoms with Crippen molar-refractivity contribution in [1.29, 1.82) is 0 Å². The average molecular weight is 339 g/mol. The second kappa shape index (κ2) is 6.42. The fraction of sp³-hybridized carbons (Fsp3) is 0.250. The number of hydrogen-bond acceptors (Lipinski definition) is 3. The van der Waals surface area contributed by atoms with Crippen LogP contribution >= 0.6 is 11.6 Å². The van der Waals surface area contributed by atoms with Crippen LogP contribution in [0.2, 0.25) is 5.02 Å². The van der Waals surface area contributed by atoms with Gasteiger partial charge in [-0.1, -0.05) is 41.4 Å². The SMILES string of the molecule is Cc1ccc(CCN2COc3c(cc(Cl)c4cccnc34)C2)cc1. The molecule has 0 unspecified atom stereocenters. The average Bonchev–Trinajstić information content (AvgIpc) is 2.61. The van der Waals surface area contributed by atoms with E-state index in [1.165, 1.54) is 11.1 Å². The third-order valence-corrected chi connectivity index (χ3v) is 4.81. The predicted molar refractivity (Wildman–Crippen MR) is 97.5 cm³/mol. The summed E-state index contributed by atoms with van der Waals surface area (Å²) < 4.78 is 6.02. The largest absolute Gasteiger partial charge is 0.475 e. The van der Waals surface area contributed by atoms with E-state index in [0.29, 0.717) is 6.73 Å². The first-order valence-corrected chi connectivity index (χ1v) is 8.55. The zero-order valence-corrected chi connectivity index (χ0v) is 14.4. The van der Waals surface area contributed by atoms with Crippen molar-refractivity contribution < 1.29 is 4.74 Å². The van der Waals surface area contributed by atoms with Crippen LogP contribution in [0.4, 0.5) is 0 Å². The minimum atomic E-state index is 0.589. The number of rotatable bonds is 3. The number of fused-ring (bicyclic) bond motifs is 3. The first kappa shape index (κ1) is 15.4. The molecule has 3 aromatic rings. The minimum absolute atomic E-state index is 0.589. The van der Waals surface area contributed by atoms with Gasteiger partial charge in [0.05, 0.1) is 5.02 Å². The topological polar surface area (TPSA) is 25.4 Å². The van der Waals surface area contributed by atoms with Gasteiger partial charge < -0.3 is 4.74 Å². The van der Waals surface area contributed by atoms with Crippen LogP contribution in [0.5, 0.6) is 5.75 Å². The zero-order valence-electron chi connectivity index (χ0n) is 13.6. The summed E-state index contributed by atoms with van der Waals surface area (Å²) in [6.45, 7) is 4.50. The van der Waals surface area contributed by atoms with Gasteiger partial charge in [-0.25, -0.2) is 0 Å². The molecule has 0 fully saturated rings. The standard InChI is InChI=1S/C20H19ClN2O/c1-14-4-6-15(7-5-14)8-10-23-12-16-11-18(21)17-3-2-9-22-19(17)20(16)24-13-23/h2-7,9,11H,8,10,12-13H2,1H3. The van der Waals surface area contributed by atoms with E-state index in [4.69, 9.17) is 16.3 Å². The molecule has 2 aromatic carbocycles. The molecule has 0 saturated heterocycles. The summed E-state index contributed by atoms with van der Waals surface area (Å²) in [6.07, 6.45) is 2.80. The van der Waals surface area contributed by atoms with Crippen LogP contribution < -0.4 is 4.74 Å². The Kier molecular flexibility index (Phi) is 4.13. The molecule has 4 rings (SSSR count). The number of pyridine rings is 1. The number of aryl methyl sites for hydroxylation is 1. The van der Waals surface area contributed by atoms with Gasteiger partial charge >= 0.3 is 0 Å². The van der Waals surface area contributed by atoms with Gasteiger partial charge in [0, 0.05) is 30.2 Å². The van der Waals surface area contributed by atoms with E-state index in [0.717, 1.165) is 46.7 Å². The van der Waals surface area contributed by atoms with Crippen molar-refractivity contribution >= 4 is 22.5 Å². The van der Waals surface area contributed by atoms with E-state index in [1.54, 1.807) is 6.20 Å². The molecule has 3 nitrogen and oxygen atoms in total. The molecule has 1 aliphatic rings. The fourth-order valence-corrected chi connectivity index (χ4v) is 3.42. The van der Waals surface area contributed by atoms with Gasteiger partial charge in [0.1, 0.15) is 12.2 Å². The highest BCUT2D eigenvalue weighted by atomic mass is 35.5. The Labute approximate surface area is 146 Å². The molecule has 122 valence electrons. The van der Waals surface area contributed by atoms with E-state index in [-0.39, 0.29) is 0 Å². The summed E-state index contributed by atoms with van der Waals surface area (Å²) in [7, 11) is 0. The van der Waals surface area contributed by atoms with Crippen LogP contribution in [0.25, 0.3) is 10.9 Å². The monoisotopic (exact) mass is 338 g/mol. The van der Waals surface area contributed by atoms with Crippen molar-refractivity contribution in [3.8, 4) is 5.75 Å². The first-order chi connectivity index (χ1) is 11.7. The van der Waals surface area contributed by atoms with Gasteiger partial charge in [0.25, 0.3) is 0 Å². The van der Waals surface area contributed by atoms with Gasteiger partial charge in [-0.3, -0.25) is 9.88 Å². The Morgan fingerprint density at radius 1 is 1.21 bits per heavy atom. The number of aromatic nitrogens is 1. The molecule has 0 radical (unpaired) electrons. The van der Waals surface area contributed by atoms with Gasteiger partial charge in [0.2, 0.25) is 0 Å². The van der Waals surface area contributed by atoms with Gasteiger partial charge in [0.15, 0.2) is 5.75 Å². The molecular formula is C20H19ClN2O. The molecule has 0 amide bonds. The maximum absolute atomic E-state index is 6.42. The molecule has 24 heavy (non-hydrogen) atoms. The quantitative estimate of drug-likeness (QED) is 0.698. The summed E-state index contributed by atoms with van der Waals surface area (Å²) in [6, 6.07) is 14.6. The Hall–Kier alpha value is -2.10. The van der Waals surface area contributed by atoms with E-state index in [2.05, 4.69) is 41.1 Å². The van der Waals surface area contributed by atoms with Gasteiger partial charge in [-0.05, 0) is 37.1 Å². The Morgan fingerprint density at radius 3 is 2.88 bits per heavy atom.